The highest BCUT2D eigenvalue weighted by atomic mass is 28.3. The molecule has 0 saturated heterocycles. The summed E-state index contributed by atoms with van der Waals surface area (Å²) in [5.74, 6) is 0. The largest absolute Gasteiger partial charge is 0.456 e. The normalized spacial score (nSPS) is 13.1. The summed E-state index contributed by atoms with van der Waals surface area (Å²) in [5, 5.41) is 10.1. The molecular formula is C54H34O2Si. The first-order chi connectivity index (χ1) is 28.2. The molecule has 0 unspecified atom stereocenters. The molecule has 0 amide bonds. The van der Waals surface area contributed by atoms with Gasteiger partial charge in [0, 0.05) is 21.5 Å². The van der Waals surface area contributed by atoms with Crippen LogP contribution in [-0.4, -0.2) is 8.07 Å². The smallest absolute Gasteiger partial charge is 0.180 e. The van der Waals surface area contributed by atoms with Gasteiger partial charge in [-0.25, -0.2) is 0 Å². The maximum absolute atomic E-state index is 6.24. The zero-order valence-corrected chi connectivity index (χ0v) is 31.9. The third-order valence-corrected chi connectivity index (χ3v) is 17.1. The first-order valence-corrected chi connectivity index (χ1v) is 21.6. The second-order valence-electron chi connectivity index (χ2n) is 15.2. The van der Waals surface area contributed by atoms with E-state index in [1.54, 1.807) is 0 Å². The third kappa shape index (κ3) is 4.76. The van der Waals surface area contributed by atoms with Crippen LogP contribution in [0.4, 0.5) is 0 Å². The quantitative estimate of drug-likeness (QED) is 0.168. The fourth-order valence-electron chi connectivity index (χ4n) is 9.62. The zero-order valence-electron chi connectivity index (χ0n) is 30.9. The van der Waals surface area contributed by atoms with Gasteiger partial charge in [0.1, 0.15) is 22.3 Å². The average molecular weight is 743 g/mol. The van der Waals surface area contributed by atoms with E-state index in [9.17, 15) is 0 Å². The molecule has 266 valence electrons. The van der Waals surface area contributed by atoms with Crippen LogP contribution >= 0.6 is 0 Å². The van der Waals surface area contributed by atoms with E-state index in [2.05, 4.69) is 182 Å². The summed E-state index contributed by atoms with van der Waals surface area (Å²) in [6.07, 6.45) is 0. The van der Waals surface area contributed by atoms with Crippen molar-refractivity contribution >= 4 is 72.7 Å². The predicted octanol–water partition coefficient (Wildman–Crippen LogP) is 11.8. The second kappa shape index (κ2) is 12.4. The van der Waals surface area contributed by atoms with Crippen LogP contribution in [0.15, 0.2) is 215 Å². The summed E-state index contributed by atoms with van der Waals surface area (Å²) in [6, 6.07) is 76.0. The minimum atomic E-state index is -2.94. The number of rotatable bonds is 4. The maximum Gasteiger partial charge on any atom is 0.180 e. The van der Waals surface area contributed by atoms with Crippen LogP contribution < -0.4 is 20.7 Å². The molecule has 0 fully saturated rings. The van der Waals surface area contributed by atoms with Gasteiger partial charge in [0.2, 0.25) is 0 Å². The first kappa shape index (κ1) is 32.1. The average Bonchev–Trinajstić information content (AvgIpc) is 3.82. The molecule has 2 nitrogen and oxygen atoms in total. The number of benzene rings is 9. The Kier molecular flexibility index (Phi) is 6.98. The van der Waals surface area contributed by atoms with Crippen LogP contribution in [0.1, 0.15) is 0 Å². The summed E-state index contributed by atoms with van der Waals surface area (Å²) >= 11 is 0. The molecule has 1 aliphatic heterocycles. The Labute approximate surface area is 330 Å². The van der Waals surface area contributed by atoms with Gasteiger partial charge in [0.05, 0.1) is 0 Å². The molecular weight excluding hydrogens is 709 g/mol. The number of para-hydroxylation sites is 2. The zero-order chi connectivity index (χ0) is 37.5. The highest BCUT2D eigenvalue weighted by Gasteiger charge is 2.46. The van der Waals surface area contributed by atoms with Crippen molar-refractivity contribution in [2.45, 2.75) is 0 Å². The van der Waals surface area contributed by atoms with Crippen molar-refractivity contribution in [3.63, 3.8) is 0 Å². The van der Waals surface area contributed by atoms with Gasteiger partial charge in [0.15, 0.2) is 8.07 Å². The summed E-state index contributed by atoms with van der Waals surface area (Å²) in [5.41, 5.74) is 13.4. The Balaban J connectivity index is 1.15. The lowest BCUT2D eigenvalue weighted by Crippen LogP contribution is -2.75. The van der Waals surface area contributed by atoms with Crippen molar-refractivity contribution in [2.75, 3.05) is 0 Å². The standard InChI is InChI=1S/C54H34O2Si/c1-3-13-39(14-4-1)57(40-15-5-2-6-16-40)53-29-25-37(35-23-27-51-45(31-35)43-19-9-11-21-49(43)55-51)33-47(53)41-17-7-8-18-42(41)48-34-38(26-30-54(48)57)36-24-28-52-46(32-36)44-20-10-12-22-50(44)56-52/h1-34H. The Morgan fingerprint density at radius 3 is 1.11 bits per heavy atom. The summed E-state index contributed by atoms with van der Waals surface area (Å²) < 4.78 is 12.5. The molecule has 3 heteroatoms. The molecule has 57 heavy (non-hydrogen) atoms. The van der Waals surface area contributed by atoms with Crippen molar-refractivity contribution in [3.8, 4) is 44.5 Å². The molecule has 11 aromatic rings. The Hall–Kier alpha value is -7.20. The second-order valence-corrected chi connectivity index (χ2v) is 18.9. The van der Waals surface area contributed by atoms with Crippen LogP contribution in [0, 0.1) is 0 Å². The third-order valence-electron chi connectivity index (χ3n) is 12.2. The molecule has 0 saturated carbocycles. The number of hydrogen-bond acceptors (Lipinski definition) is 2. The van der Waals surface area contributed by atoms with E-state index >= 15 is 0 Å². The van der Waals surface area contributed by atoms with Crippen LogP contribution in [0.5, 0.6) is 0 Å². The number of hydrogen-bond donors (Lipinski definition) is 0. The molecule has 0 bridgehead atoms. The first-order valence-electron chi connectivity index (χ1n) is 19.6. The lowest BCUT2D eigenvalue weighted by atomic mass is 9.91. The van der Waals surface area contributed by atoms with E-state index in [1.165, 1.54) is 65.3 Å². The number of fused-ring (bicyclic) bond motifs is 11. The molecule has 0 N–H and O–H groups in total. The molecule has 2 aromatic heterocycles. The van der Waals surface area contributed by atoms with Crippen molar-refractivity contribution in [1.29, 1.82) is 0 Å². The van der Waals surface area contributed by atoms with Gasteiger partial charge >= 0.3 is 0 Å². The molecule has 12 rings (SSSR count). The fraction of sp³-hybridized carbons (Fsp3) is 0. The Morgan fingerprint density at radius 2 is 0.632 bits per heavy atom. The number of furan rings is 2. The predicted molar refractivity (Wildman–Crippen MR) is 240 cm³/mol. The van der Waals surface area contributed by atoms with E-state index in [-0.39, 0.29) is 0 Å². The highest BCUT2D eigenvalue weighted by molar-refractivity contribution is 7.21. The van der Waals surface area contributed by atoms with Gasteiger partial charge < -0.3 is 8.83 Å². The van der Waals surface area contributed by atoms with Gasteiger partial charge in [-0.3, -0.25) is 0 Å². The maximum atomic E-state index is 6.24. The van der Waals surface area contributed by atoms with Crippen LogP contribution in [0.2, 0.25) is 0 Å². The Bertz CT molecular complexity index is 3130. The van der Waals surface area contributed by atoms with Crippen LogP contribution in [0.25, 0.3) is 88.4 Å². The minimum Gasteiger partial charge on any atom is -0.456 e. The van der Waals surface area contributed by atoms with Crippen molar-refractivity contribution in [1.82, 2.24) is 0 Å². The van der Waals surface area contributed by atoms with Crippen molar-refractivity contribution < 1.29 is 8.83 Å². The van der Waals surface area contributed by atoms with Gasteiger partial charge in [-0.05, 0) is 114 Å². The molecule has 9 aromatic carbocycles. The SMILES string of the molecule is c1ccc([Si]2(c3ccccc3)c3ccc(-c4ccc5oc6ccccc6c5c4)cc3-c3ccccc3-c3cc(-c4ccc5oc6ccccc6c5c4)ccc32)cc1. The van der Waals surface area contributed by atoms with Gasteiger partial charge in [-0.2, -0.15) is 0 Å². The topological polar surface area (TPSA) is 26.3 Å². The summed E-state index contributed by atoms with van der Waals surface area (Å²) in [7, 11) is -2.94. The molecule has 1 aliphatic rings. The monoisotopic (exact) mass is 742 g/mol. The Morgan fingerprint density at radius 1 is 0.263 bits per heavy atom. The van der Waals surface area contributed by atoms with E-state index in [4.69, 9.17) is 8.83 Å². The molecule has 3 heterocycles. The summed E-state index contributed by atoms with van der Waals surface area (Å²) in [6.45, 7) is 0. The van der Waals surface area contributed by atoms with Crippen LogP contribution in [0.3, 0.4) is 0 Å². The van der Waals surface area contributed by atoms with Gasteiger partial charge in [0.25, 0.3) is 0 Å². The van der Waals surface area contributed by atoms with Gasteiger partial charge in [-0.1, -0.05) is 158 Å². The highest BCUT2D eigenvalue weighted by Crippen LogP contribution is 2.41. The van der Waals surface area contributed by atoms with Crippen LogP contribution in [-0.2, 0) is 0 Å². The molecule has 0 spiro atoms. The molecule has 0 atom stereocenters. The molecule has 0 radical (unpaired) electrons. The lowest BCUT2D eigenvalue weighted by Gasteiger charge is -2.36. The van der Waals surface area contributed by atoms with E-state index in [0.717, 1.165) is 43.9 Å². The van der Waals surface area contributed by atoms with Gasteiger partial charge in [-0.15, -0.1) is 0 Å². The fourth-order valence-corrected chi connectivity index (χ4v) is 14.8. The van der Waals surface area contributed by atoms with Crippen molar-refractivity contribution in [3.05, 3.63) is 206 Å². The van der Waals surface area contributed by atoms with Crippen molar-refractivity contribution in [2.24, 2.45) is 0 Å². The van der Waals surface area contributed by atoms with E-state index in [0.29, 0.717) is 0 Å². The summed E-state index contributed by atoms with van der Waals surface area (Å²) in [4.78, 5) is 0. The van der Waals surface area contributed by atoms with E-state index in [1.807, 2.05) is 24.3 Å². The molecule has 0 aliphatic carbocycles. The minimum absolute atomic E-state index is 0.908. The lowest BCUT2D eigenvalue weighted by molar-refractivity contribution is 0.668. The van der Waals surface area contributed by atoms with E-state index < -0.39 is 8.07 Å².